The SMILES string of the molecule is CCNC(=NCc1c(C)nn(CCOC)c1C)NCCc1ccc(OCC)c(OCC)c1.I. The highest BCUT2D eigenvalue weighted by atomic mass is 127. The molecule has 0 fully saturated rings. The third kappa shape index (κ3) is 9.04. The molecule has 0 spiro atoms. The second-order valence-electron chi connectivity index (χ2n) is 7.38. The Kier molecular flexibility index (Phi) is 13.9. The number of hydrogen-bond acceptors (Lipinski definition) is 5. The molecule has 0 saturated heterocycles. The largest absolute Gasteiger partial charge is 0.490 e. The van der Waals surface area contributed by atoms with Crippen LogP contribution in [-0.2, 0) is 24.2 Å². The normalized spacial score (nSPS) is 11.2. The smallest absolute Gasteiger partial charge is 0.191 e. The molecular weight excluding hydrogens is 533 g/mol. The van der Waals surface area contributed by atoms with Crippen molar-refractivity contribution in [2.24, 2.45) is 4.99 Å². The Morgan fingerprint density at radius 2 is 1.79 bits per heavy atom. The molecule has 1 aromatic carbocycles. The van der Waals surface area contributed by atoms with Gasteiger partial charge in [0.25, 0.3) is 0 Å². The van der Waals surface area contributed by atoms with E-state index in [4.69, 9.17) is 19.2 Å². The average molecular weight is 574 g/mol. The molecule has 1 aromatic heterocycles. The molecule has 0 atom stereocenters. The van der Waals surface area contributed by atoms with E-state index >= 15 is 0 Å². The lowest BCUT2D eigenvalue weighted by Crippen LogP contribution is -2.38. The molecule has 0 aliphatic heterocycles. The van der Waals surface area contributed by atoms with Crippen molar-refractivity contribution in [2.45, 2.75) is 54.1 Å². The van der Waals surface area contributed by atoms with Gasteiger partial charge in [-0.3, -0.25) is 4.68 Å². The molecule has 0 amide bonds. The predicted octanol–water partition coefficient (Wildman–Crippen LogP) is 3.86. The Morgan fingerprint density at radius 3 is 2.45 bits per heavy atom. The molecule has 0 saturated carbocycles. The maximum Gasteiger partial charge on any atom is 0.191 e. The van der Waals surface area contributed by atoms with Gasteiger partial charge in [0.05, 0.1) is 38.6 Å². The van der Waals surface area contributed by atoms with Crippen LogP contribution in [0.5, 0.6) is 11.5 Å². The van der Waals surface area contributed by atoms with Crippen LogP contribution in [0.25, 0.3) is 0 Å². The molecule has 8 nitrogen and oxygen atoms in total. The lowest BCUT2D eigenvalue weighted by molar-refractivity contribution is 0.182. The minimum atomic E-state index is 0. The molecule has 2 aromatic rings. The fraction of sp³-hybridized carbons (Fsp3) is 0.583. The number of methoxy groups -OCH3 is 1. The molecule has 0 aliphatic rings. The van der Waals surface area contributed by atoms with E-state index in [1.165, 1.54) is 5.56 Å². The van der Waals surface area contributed by atoms with Crippen LogP contribution < -0.4 is 20.1 Å². The minimum absolute atomic E-state index is 0. The maximum atomic E-state index is 5.74. The van der Waals surface area contributed by atoms with Crippen LogP contribution >= 0.6 is 24.0 Å². The molecule has 33 heavy (non-hydrogen) atoms. The fourth-order valence-electron chi connectivity index (χ4n) is 3.43. The molecule has 2 N–H and O–H groups in total. The summed E-state index contributed by atoms with van der Waals surface area (Å²) < 4.78 is 18.6. The highest BCUT2D eigenvalue weighted by Crippen LogP contribution is 2.28. The summed E-state index contributed by atoms with van der Waals surface area (Å²) in [5.74, 6) is 2.38. The zero-order valence-electron chi connectivity index (χ0n) is 20.9. The number of nitrogens with zero attached hydrogens (tertiary/aromatic N) is 3. The van der Waals surface area contributed by atoms with Gasteiger partial charge in [0.1, 0.15) is 0 Å². The first-order valence-corrected chi connectivity index (χ1v) is 11.5. The number of hydrogen-bond donors (Lipinski definition) is 2. The van der Waals surface area contributed by atoms with Gasteiger partial charge >= 0.3 is 0 Å². The summed E-state index contributed by atoms with van der Waals surface area (Å²) >= 11 is 0. The van der Waals surface area contributed by atoms with Gasteiger partial charge < -0.3 is 24.8 Å². The van der Waals surface area contributed by atoms with E-state index in [1.807, 2.05) is 31.5 Å². The summed E-state index contributed by atoms with van der Waals surface area (Å²) in [6.07, 6.45) is 0.851. The van der Waals surface area contributed by atoms with Crippen LogP contribution in [0.2, 0.25) is 0 Å². The Balaban J connectivity index is 0.00000544. The van der Waals surface area contributed by atoms with Crippen molar-refractivity contribution < 1.29 is 14.2 Å². The first-order chi connectivity index (χ1) is 15.5. The van der Waals surface area contributed by atoms with Crippen LogP contribution in [-0.4, -0.2) is 55.8 Å². The number of rotatable bonds is 13. The van der Waals surface area contributed by atoms with E-state index in [0.717, 1.165) is 60.5 Å². The van der Waals surface area contributed by atoms with Gasteiger partial charge in [0, 0.05) is 31.5 Å². The zero-order chi connectivity index (χ0) is 23.3. The van der Waals surface area contributed by atoms with Gasteiger partial charge in [-0.1, -0.05) is 6.07 Å². The Bertz CT molecular complexity index is 870. The fourth-order valence-corrected chi connectivity index (χ4v) is 3.43. The van der Waals surface area contributed by atoms with Crippen molar-refractivity contribution in [1.82, 2.24) is 20.4 Å². The first-order valence-electron chi connectivity index (χ1n) is 11.5. The van der Waals surface area contributed by atoms with Crippen LogP contribution in [0, 0.1) is 13.8 Å². The van der Waals surface area contributed by atoms with Gasteiger partial charge in [0.15, 0.2) is 17.5 Å². The number of aromatic nitrogens is 2. The summed E-state index contributed by atoms with van der Waals surface area (Å²) in [6.45, 7) is 14.9. The lowest BCUT2D eigenvalue weighted by atomic mass is 10.1. The van der Waals surface area contributed by atoms with Crippen molar-refractivity contribution in [1.29, 1.82) is 0 Å². The second-order valence-corrected chi connectivity index (χ2v) is 7.38. The topological polar surface area (TPSA) is 81.9 Å². The molecule has 0 unspecified atom stereocenters. The monoisotopic (exact) mass is 573 g/mol. The molecule has 9 heteroatoms. The molecule has 186 valence electrons. The molecule has 0 bridgehead atoms. The van der Waals surface area contributed by atoms with E-state index in [2.05, 4.69) is 41.7 Å². The van der Waals surface area contributed by atoms with E-state index in [-0.39, 0.29) is 24.0 Å². The lowest BCUT2D eigenvalue weighted by Gasteiger charge is -2.14. The molecular formula is C24H40IN5O3. The van der Waals surface area contributed by atoms with E-state index in [9.17, 15) is 0 Å². The highest BCUT2D eigenvalue weighted by Gasteiger charge is 2.11. The van der Waals surface area contributed by atoms with Crippen LogP contribution in [0.1, 0.15) is 43.3 Å². The number of ether oxygens (including phenoxy) is 3. The number of aliphatic imine (C=N–C) groups is 1. The third-order valence-corrected chi connectivity index (χ3v) is 5.09. The van der Waals surface area contributed by atoms with Gasteiger partial charge in [-0.25, -0.2) is 4.99 Å². The summed E-state index contributed by atoms with van der Waals surface area (Å²) in [5.41, 5.74) is 4.49. The number of aryl methyl sites for hydroxylation is 1. The third-order valence-electron chi connectivity index (χ3n) is 5.09. The predicted molar refractivity (Wildman–Crippen MR) is 144 cm³/mol. The Hall–Kier alpha value is -2.01. The van der Waals surface area contributed by atoms with Crippen molar-refractivity contribution >= 4 is 29.9 Å². The van der Waals surface area contributed by atoms with Gasteiger partial charge in [-0.15, -0.1) is 24.0 Å². The molecule has 0 radical (unpaired) electrons. The maximum absolute atomic E-state index is 5.74. The summed E-state index contributed by atoms with van der Waals surface area (Å²) in [7, 11) is 1.70. The van der Waals surface area contributed by atoms with Crippen LogP contribution in [0.3, 0.4) is 0 Å². The number of nitrogens with one attached hydrogen (secondary N) is 2. The highest BCUT2D eigenvalue weighted by molar-refractivity contribution is 14.0. The molecule has 1 heterocycles. The molecule has 0 aliphatic carbocycles. The van der Waals surface area contributed by atoms with Crippen molar-refractivity contribution in [3.63, 3.8) is 0 Å². The Labute approximate surface area is 215 Å². The zero-order valence-corrected chi connectivity index (χ0v) is 23.2. The quantitative estimate of drug-likeness (QED) is 0.215. The first kappa shape index (κ1) is 29.0. The van der Waals surface area contributed by atoms with E-state index in [1.54, 1.807) is 7.11 Å². The number of guanidine groups is 1. The van der Waals surface area contributed by atoms with Crippen molar-refractivity contribution in [3.8, 4) is 11.5 Å². The standard InChI is InChI=1S/C24H39N5O3.HI/c1-7-25-24(27-17-21-18(4)28-29(19(21)5)14-15-30-6)26-13-12-20-10-11-22(31-8-2)23(16-20)32-9-3;/h10-11,16H,7-9,12-15,17H2,1-6H3,(H2,25,26,27);1H. The van der Waals surface area contributed by atoms with Crippen LogP contribution in [0.4, 0.5) is 0 Å². The Morgan fingerprint density at radius 1 is 1.06 bits per heavy atom. The van der Waals surface area contributed by atoms with Gasteiger partial charge in [-0.05, 0) is 58.7 Å². The van der Waals surface area contributed by atoms with Gasteiger partial charge in [-0.2, -0.15) is 5.10 Å². The second kappa shape index (κ2) is 15.8. The number of halogens is 1. The van der Waals surface area contributed by atoms with E-state index in [0.29, 0.717) is 26.4 Å². The number of benzene rings is 1. The summed E-state index contributed by atoms with van der Waals surface area (Å²) in [6, 6.07) is 6.12. The summed E-state index contributed by atoms with van der Waals surface area (Å²) in [4.78, 5) is 4.78. The van der Waals surface area contributed by atoms with Gasteiger partial charge in [0.2, 0.25) is 0 Å². The van der Waals surface area contributed by atoms with Crippen molar-refractivity contribution in [3.05, 3.63) is 40.7 Å². The summed E-state index contributed by atoms with van der Waals surface area (Å²) in [5, 5.41) is 11.4. The minimum Gasteiger partial charge on any atom is -0.490 e. The molecule has 2 rings (SSSR count). The van der Waals surface area contributed by atoms with E-state index < -0.39 is 0 Å². The van der Waals surface area contributed by atoms with Crippen LogP contribution in [0.15, 0.2) is 23.2 Å². The van der Waals surface area contributed by atoms with Crippen molar-refractivity contribution in [2.75, 3.05) is 40.0 Å². The average Bonchev–Trinajstić information content (AvgIpc) is 3.05.